The van der Waals surface area contributed by atoms with Gasteiger partial charge in [-0.2, -0.15) is 0 Å². The van der Waals surface area contributed by atoms with Crippen molar-refractivity contribution in [1.29, 1.82) is 0 Å². The van der Waals surface area contributed by atoms with Gasteiger partial charge in [0.25, 0.3) is 5.91 Å². The number of aromatic nitrogens is 1. The molecule has 1 aromatic heterocycles. The van der Waals surface area contributed by atoms with E-state index in [4.69, 9.17) is 5.73 Å². The minimum Gasteiger partial charge on any atom is -0.375 e. The normalized spacial score (nSPS) is 12.5. The number of nitrogen functional groups attached to an aromatic ring is 1. The van der Waals surface area contributed by atoms with E-state index in [9.17, 15) is 4.79 Å². The van der Waals surface area contributed by atoms with Crippen molar-refractivity contribution >= 4 is 22.4 Å². The zero-order chi connectivity index (χ0) is 10.7. The number of carbonyl (C=O) groups is 1. The summed E-state index contributed by atoms with van der Waals surface area (Å²) in [5, 5.41) is 3.32. The van der Waals surface area contributed by atoms with Gasteiger partial charge >= 0.3 is 0 Å². The van der Waals surface area contributed by atoms with Gasteiger partial charge in [0.2, 0.25) is 0 Å². The number of nitrogens with zero attached hydrogens (tertiary/aromatic N) is 1. The Bertz CT molecular complexity index is 335. The Morgan fingerprint density at radius 3 is 2.79 bits per heavy atom. The summed E-state index contributed by atoms with van der Waals surface area (Å²) in [4.78, 5) is 16.3. The predicted molar refractivity (Wildman–Crippen MR) is 58.5 cm³/mol. The van der Waals surface area contributed by atoms with E-state index in [1.54, 1.807) is 6.92 Å². The molecular weight excluding hydrogens is 198 g/mol. The smallest absolute Gasteiger partial charge is 0.263 e. The van der Waals surface area contributed by atoms with Crippen LogP contribution in [-0.4, -0.2) is 16.9 Å². The maximum absolute atomic E-state index is 11.7. The lowest BCUT2D eigenvalue weighted by Crippen LogP contribution is -2.31. The quantitative estimate of drug-likeness (QED) is 0.800. The van der Waals surface area contributed by atoms with Gasteiger partial charge < -0.3 is 11.1 Å². The Labute approximate surface area is 87.5 Å². The van der Waals surface area contributed by atoms with Crippen LogP contribution in [0.15, 0.2) is 0 Å². The molecule has 1 amide bonds. The Hall–Kier alpha value is -1.10. The highest BCUT2D eigenvalue weighted by atomic mass is 32.1. The van der Waals surface area contributed by atoms with Crippen molar-refractivity contribution in [3.8, 4) is 0 Å². The van der Waals surface area contributed by atoms with Crippen molar-refractivity contribution in [3.63, 3.8) is 0 Å². The minimum atomic E-state index is -0.0777. The van der Waals surface area contributed by atoms with Gasteiger partial charge in [-0.1, -0.05) is 18.3 Å². The second-order valence-corrected chi connectivity index (χ2v) is 4.28. The van der Waals surface area contributed by atoms with Gasteiger partial charge in [-0.15, -0.1) is 0 Å². The minimum absolute atomic E-state index is 0.0777. The first-order valence-electron chi connectivity index (χ1n) is 4.58. The molecule has 78 valence electrons. The van der Waals surface area contributed by atoms with Gasteiger partial charge in [0.15, 0.2) is 5.13 Å². The molecule has 0 aliphatic heterocycles. The van der Waals surface area contributed by atoms with E-state index < -0.39 is 0 Å². The topological polar surface area (TPSA) is 68.0 Å². The molecule has 0 bridgehead atoms. The molecule has 0 fully saturated rings. The summed E-state index contributed by atoms with van der Waals surface area (Å²) < 4.78 is 0. The molecule has 3 N–H and O–H groups in total. The second-order valence-electron chi connectivity index (χ2n) is 3.25. The second kappa shape index (κ2) is 4.41. The average molecular weight is 213 g/mol. The summed E-state index contributed by atoms with van der Waals surface area (Å²) in [7, 11) is 0. The van der Waals surface area contributed by atoms with E-state index in [2.05, 4.69) is 10.3 Å². The monoisotopic (exact) mass is 213 g/mol. The predicted octanol–water partition coefficient (Wildman–Crippen LogP) is 1.56. The number of hydrogen-bond acceptors (Lipinski definition) is 4. The van der Waals surface area contributed by atoms with E-state index >= 15 is 0 Å². The molecule has 14 heavy (non-hydrogen) atoms. The van der Waals surface area contributed by atoms with E-state index in [-0.39, 0.29) is 11.9 Å². The summed E-state index contributed by atoms with van der Waals surface area (Å²) in [5.74, 6) is -0.0777. The molecule has 5 heteroatoms. The average Bonchev–Trinajstić information content (AvgIpc) is 2.45. The van der Waals surface area contributed by atoms with Crippen LogP contribution in [0, 0.1) is 6.92 Å². The van der Waals surface area contributed by atoms with Crippen molar-refractivity contribution in [2.24, 2.45) is 0 Å². The van der Waals surface area contributed by atoms with E-state index in [0.717, 1.165) is 6.42 Å². The number of amides is 1. The summed E-state index contributed by atoms with van der Waals surface area (Å²) in [6.07, 6.45) is 0.916. The fraction of sp³-hybridized carbons (Fsp3) is 0.556. The molecule has 1 heterocycles. The number of nitrogens with one attached hydrogen (secondary N) is 1. The van der Waals surface area contributed by atoms with Crippen LogP contribution < -0.4 is 11.1 Å². The lowest BCUT2D eigenvalue weighted by atomic mass is 10.2. The summed E-state index contributed by atoms with van der Waals surface area (Å²) in [6.45, 7) is 5.79. The maximum Gasteiger partial charge on any atom is 0.263 e. The first kappa shape index (κ1) is 11.0. The molecule has 0 saturated heterocycles. The largest absolute Gasteiger partial charge is 0.375 e. The number of nitrogens with two attached hydrogens (primary N) is 1. The van der Waals surface area contributed by atoms with Gasteiger partial charge in [-0.25, -0.2) is 4.98 Å². The van der Waals surface area contributed by atoms with E-state index in [1.807, 2.05) is 13.8 Å². The SMILES string of the molecule is CC[C@H](C)NC(=O)c1sc(N)nc1C. The summed E-state index contributed by atoms with van der Waals surface area (Å²) in [6, 6.07) is 0.185. The number of thiazole rings is 1. The number of anilines is 1. The first-order valence-corrected chi connectivity index (χ1v) is 5.40. The van der Waals surface area contributed by atoms with Crippen molar-refractivity contribution in [1.82, 2.24) is 10.3 Å². The highest BCUT2D eigenvalue weighted by Gasteiger charge is 2.15. The number of rotatable bonds is 3. The summed E-state index contributed by atoms with van der Waals surface area (Å²) in [5.41, 5.74) is 6.21. The van der Waals surface area contributed by atoms with Crippen LogP contribution in [0.1, 0.15) is 35.6 Å². The van der Waals surface area contributed by atoms with Crippen LogP contribution in [0.25, 0.3) is 0 Å². The molecule has 0 aromatic carbocycles. The molecule has 0 unspecified atom stereocenters. The van der Waals surface area contributed by atoms with E-state index in [0.29, 0.717) is 15.7 Å². The lowest BCUT2D eigenvalue weighted by Gasteiger charge is -2.09. The van der Waals surface area contributed by atoms with Crippen LogP contribution in [0.5, 0.6) is 0 Å². The van der Waals surface area contributed by atoms with Crippen molar-refractivity contribution in [3.05, 3.63) is 10.6 Å². The van der Waals surface area contributed by atoms with Gasteiger partial charge in [0, 0.05) is 6.04 Å². The van der Waals surface area contributed by atoms with E-state index in [1.165, 1.54) is 11.3 Å². The zero-order valence-corrected chi connectivity index (χ0v) is 9.44. The first-order chi connectivity index (χ1) is 6.54. The van der Waals surface area contributed by atoms with Crippen molar-refractivity contribution in [2.75, 3.05) is 5.73 Å². The van der Waals surface area contributed by atoms with Crippen molar-refractivity contribution in [2.45, 2.75) is 33.2 Å². The molecule has 0 spiro atoms. The lowest BCUT2D eigenvalue weighted by molar-refractivity contribution is 0.0942. The third-order valence-electron chi connectivity index (χ3n) is 2.01. The molecule has 1 rings (SSSR count). The van der Waals surface area contributed by atoms with Crippen LogP contribution in [0.4, 0.5) is 5.13 Å². The molecule has 0 aliphatic carbocycles. The van der Waals surface area contributed by atoms with Gasteiger partial charge in [-0.3, -0.25) is 4.79 Å². The number of hydrogen-bond donors (Lipinski definition) is 2. The zero-order valence-electron chi connectivity index (χ0n) is 8.63. The molecule has 1 atom stereocenters. The Morgan fingerprint density at radius 2 is 2.36 bits per heavy atom. The third kappa shape index (κ3) is 2.45. The molecule has 4 nitrogen and oxygen atoms in total. The fourth-order valence-corrected chi connectivity index (χ4v) is 1.76. The van der Waals surface area contributed by atoms with Gasteiger partial charge in [-0.05, 0) is 20.3 Å². The van der Waals surface area contributed by atoms with Crippen LogP contribution in [0.2, 0.25) is 0 Å². The van der Waals surface area contributed by atoms with Crippen LogP contribution >= 0.6 is 11.3 Å². The highest BCUT2D eigenvalue weighted by Crippen LogP contribution is 2.19. The molecule has 0 radical (unpaired) electrons. The standard InChI is InChI=1S/C9H15N3OS/c1-4-5(2)11-8(13)7-6(3)12-9(10)14-7/h5H,4H2,1-3H3,(H2,10,12)(H,11,13)/t5-/m0/s1. The number of aryl methyl sites for hydroxylation is 1. The van der Waals surface area contributed by atoms with Crippen LogP contribution in [0.3, 0.4) is 0 Å². The maximum atomic E-state index is 11.7. The molecule has 0 saturated carbocycles. The molecule has 0 aliphatic rings. The third-order valence-corrected chi connectivity index (χ3v) is 2.99. The Morgan fingerprint density at radius 1 is 1.71 bits per heavy atom. The number of carbonyl (C=O) groups excluding carboxylic acids is 1. The van der Waals surface area contributed by atoms with Gasteiger partial charge in [0.05, 0.1) is 5.69 Å². The Balaban J connectivity index is 2.74. The van der Waals surface area contributed by atoms with Crippen LogP contribution in [-0.2, 0) is 0 Å². The van der Waals surface area contributed by atoms with Crippen molar-refractivity contribution < 1.29 is 4.79 Å². The molecular formula is C9H15N3OS. The summed E-state index contributed by atoms with van der Waals surface area (Å²) >= 11 is 1.23. The van der Waals surface area contributed by atoms with Gasteiger partial charge in [0.1, 0.15) is 4.88 Å². The highest BCUT2D eigenvalue weighted by molar-refractivity contribution is 7.17. The Kier molecular flexibility index (Phi) is 3.46. The fourth-order valence-electron chi connectivity index (χ4n) is 1.02. The molecule has 1 aromatic rings.